The summed E-state index contributed by atoms with van der Waals surface area (Å²) in [6, 6.07) is 10.0. The van der Waals surface area contributed by atoms with Crippen molar-refractivity contribution in [3.8, 4) is 11.5 Å². The van der Waals surface area contributed by atoms with Crippen LogP contribution in [0.25, 0.3) is 5.76 Å². The van der Waals surface area contributed by atoms with Crippen LogP contribution < -0.4 is 9.47 Å². The van der Waals surface area contributed by atoms with Gasteiger partial charge in [0.2, 0.25) is 0 Å². The Morgan fingerprint density at radius 2 is 1.83 bits per heavy atom. The van der Waals surface area contributed by atoms with Gasteiger partial charge in [0.1, 0.15) is 17.3 Å². The monoisotopic (exact) mass is 499 g/mol. The Kier molecular flexibility index (Phi) is 7.38. The number of aliphatic hydroxyl groups excluding tert-OH is 1. The van der Waals surface area contributed by atoms with Gasteiger partial charge in [-0.05, 0) is 36.0 Å². The zero-order valence-electron chi connectivity index (χ0n) is 20.3. The molecule has 2 fully saturated rings. The Hall–Kier alpha value is -3.03. The fourth-order valence-electron chi connectivity index (χ4n) is 4.68. The summed E-state index contributed by atoms with van der Waals surface area (Å²) in [5.41, 5.74) is 2.06. The lowest BCUT2D eigenvalue weighted by Crippen LogP contribution is -2.36. The van der Waals surface area contributed by atoms with Gasteiger partial charge in [-0.2, -0.15) is 0 Å². The molecule has 35 heavy (non-hydrogen) atoms. The maximum atomic E-state index is 13.3. The zero-order chi connectivity index (χ0) is 25.3. The van der Waals surface area contributed by atoms with Crippen molar-refractivity contribution in [3.63, 3.8) is 0 Å². The van der Waals surface area contributed by atoms with E-state index >= 15 is 0 Å². The lowest BCUT2D eigenvalue weighted by atomic mass is 9.93. The van der Waals surface area contributed by atoms with E-state index in [0.717, 1.165) is 24.0 Å². The average molecular weight is 500 g/mol. The number of methoxy groups -OCH3 is 2. The summed E-state index contributed by atoms with van der Waals surface area (Å²) in [5.74, 6) is -0.820. The van der Waals surface area contributed by atoms with Gasteiger partial charge in [-0.1, -0.05) is 49.7 Å². The van der Waals surface area contributed by atoms with E-state index < -0.39 is 17.7 Å². The summed E-state index contributed by atoms with van der Waals surface area (Å²) in [5, 5.41) is 11.7. The van der Waals surface area contributed by atoms with Crippen LogP contribution in [0.3, 0.4) is 0 Å². The van der Waals surface area contributed by atoms with Gasteiger partial charge in [0.25, 0.3) is 11.7 Å². The third-order valence-electron chi connectivity index (χ3n) is 6.61. The van der Waals surface area contributed by atoms with Gasteiger partial charge in [0.15, 0.2) is 0 Å². The van der Waals surface area contributed by atoms with Gasteiger partial charge >= 0.3 is 0 Å². The number of carbonyl (C=O) groups is 2. The second-order valence-electron chi connectivity index (χ2n) is 9.09. The third kappa shape index (κ3) is 4.75. The number of hydrogen-bond acceptors (Lipinski definition) is 6. The molecule has 4 rings (SSSR count). The SMILES string of the molecule is COc1cc(OC)c(/C(O)=C2\C(=O)C(=O)N(CC3CCCO3)C2c2ccc(C(C)C)cc2)cc1Cl. The Morgan fingerprint density at radius 3 is 2.40 bits per heavy atom. The maximum absolute atomic E-state index is 13.3. The van der Waals surface area contributed by atoms with Crippen LogP contribution in [-0.2, 0) is 14.3 Å². The first kappa shape index (κ1) is 25.1. The lowest BCUT2D eigenvalue weighted by molar-refractivity contribution is -0.140. The molecule has 0 radical (unpaired) electrons. The third-order valence-corrected chi connectivity index (χ3v) is 6.91. The van der Waals surface area contributed by atoms with Crippen LogP contribution in [0.15, 0.2) is 42.0 Å². The number of nitrogens with zero attached hydrogens (tertiary/aromatic N) is 1. The first-order valence-electron chi connectivity index (χ1n) is 11.7. The summed E-state index contributed by atoms with van der Waals surface area (Å²) in [7, 11) is 2.91. The van der Waals surface area contributed by atoms with E-state index in [4.69, 9.17) is 25.8 Å². The van der Waals surface area contributed by atoms with Crippen LogP contribution in [0, 0.1) is 0 Å². The first-order chi connectivity index (χ1) is 16.8. The molecule has 0 bridgehead atoms. The molecule has 0 saturated carbocycles. The molecule has 186 valence electrons. The normalized spacial score (nSPS) is 21.7. The molecule has 0 aliphatic carbocycles. The molecule has 2 heterocycles. The Labute approximate surface area is 210 Å². The molecule has 7 nitrogen and oxygen atoms in total. The van der Waals surface area contributed by atoms with Gasteiger partial charge in [-0.15, -0.1) is 0 Å². The minimum absolute atomic E-state index is 0.00942. The van der Waals surface area contributed by atoms with E-state index in [1.807, 2.05) is 24.3 Å². The van der Waals surface area contributed by atoms with Crippen LogP contribution in [0.5, 0.6) is 11.5 Å². The second-order valence-corrected chi connectivity index (χ2v) is 9.50. The van der Waals surface area contributed by atoms with Crippen molar-refractivity contribution < 1.29 is 28.9 Å². The van der Waals surface area contributed by atoms with Gasteiger partial charge < -0.3 is 24.2 Å². The molecule has 2 aromatic rings. The minimum atomic E-state index is -0.772. The summed E-state index contributed by atoms with van der Waals surface area (Å²) in [6.45, 7) is 5.08. The summed E-state index contributed by atoms with van der Waals surface area (Å²) in [4.78, 5) is 28.0. The number of ether oxygens (including phenoxy) is 3. The predicted octanol–water partition coefficient (Wildman–Crippen LogP) is 5.08. The quantitative estimate of drug-likeness (QED) is 0.325. The van der Waals surface area contributed by atoms with Crippen molar-refractivity contribution in [1.29, 1.82) is 0 Å². The van der Waals surface area contributed by atoms with Gasteiger partial charge in [0, 0.05) is 19.2 Å². The molecule has 2 aliphatic rings. The Balaban J connectivity index is 1.87. The number of likely N-dealkylation sites (tertiary alicyclic amines) is 1. The maximum Gasteiger partial charge on any atom is 0.295 e. The number of amides is 1. The fourth-order valence-corrected chi connectivity index (χ4v) is 4.92. The predicted molar refractivity (Wildman–Crippen MR) is 133 cm³/mol. The largest absolute Gasteiger partial charge is 0.507 e. The lowest BCUT2D eigenvalue weighted by Gasteiger charge is -2.28. The van der Waals surface area contributed by atoms with Crippen LogP contribution in [-0.4, -0.2) is 55.2 Å². The summed E-state index contributed by atoms with van der Waals surface area (Å²) >= 11 is 6.32. The Bertz CT molecular complexity index is 1150. The highest BCUT2D eigenvalue weighted by Crippen LogP contribution is 2.43. The summed E-state index contributed by atoms with van der Waals surface area (Å²) in [6.07, 6.45) is 1.56. The number of carbonyl (C=O) groups excluding carboxylic acids is 2. The number of ketones is 1. The number of benzene rings is 2. The smallest absolute Gasteiger partial charge is 0.295 e. The molecule has 8 heteroatoms. The van der Waals surface area contributed by atoms with E-state index in [-0.39, 0.29) is 40.3 Å². The molecule has 2 aliphatic heterocycles. The molecule has 1 N–H and O–H groups in total. The van der Waals surface area contributed by atoms with Crippen LogP contribution in [0.2, 0.25) is 5.02 Å². The van der Waals surface area contributed by atoms with E-state index in [2.05, 4.69) is 13.8 Å². The average Bonchev–Trinajstić information content (AvgIpc) is 3.46. The number of rotatable bonds is 7. The van der Waals surface area contributed by atoms with Crippen molar-refractivity contribution in [1.82, 2.24) is 4.90 Å². The van der Waals surface area contributed by atoms with Crippen molar-refractivity contribution in [3.05, 3.63) is 63.7 Å². The van der Waals surface area contributed by atoms with Gasteiger partial charge in [0.05, 0.1) is 42.5 Å². The van der Waals surface area contributed by atoms with Gasteiger partial charge in [-0.3, -0.25) is 9.59 Å². The first-order valence-corrected chi connectivity index (χ1v) is 12.1. The van der Waals surface area contributed by atoms with Gasteiger partial charge in [-0.25, -0.2) is 0 Å². The number of aliphatic hydroxyl groups is 1. The highest BCUT2D eigenvalue weighted by atomic mass is 35.5. The molecule has 2 aromatic carbocycles. The topological polar surface area (TPSA) is 85.3 Å². The number of Topliss-reactive ketones (excluding diaryl/α,β-unsaturated/α-hetero) is 1. The van der Waals surface area contributed by atoms with Crippen molar-refractivity contribution in [2.75, 3.05) is 27.4 Å². The van der Waals surface area contributed by atoms with Crippen LogP contribution in [0.1, 0.15) is 55.3 Å². The molecular formula is C27H30ClNO6. The van der Waals surface area contributed by atoms with Crippen molar-refractivity contribution in [2.45, 2.75) is 44.8 Å². The highest BCUT2D eigenvalue weighted by Gasteiger charge is 2.47. The molecular weight excluding hydrogens is 470 g/mol. The minimum Gasteiger partial charge on any atom is -0.507 e. The van der Waals surface area contributed by atoms with Crippen LogP contribution >= 0.6 is 11.6 Å². The highest BCUT2D eigenvalue weighted by molar-refractivity contribution is 6.46. The van der Waals surface area contributed by atoms with Crippen molar-refractivity contribution in [2.24, 2.45) is 0 Å². The number of halogens is 1. The standard InChI is InChI=1S/C27H30ClNO6/c1-15(2)16-7-9-17(10-8-16)24-23(26(31)27(32)29(24)14-18-6-5-11-35-18)25(30)19-12-20(28)22(34-4)13-21(19)33-3/h7-10,12-13,15,18,24,30H,5-6,11,14H2,1-4H3/b25-23+. The number of hydrogen-bond donors (Lipinski definition) is 1. The van der Waals surface area contributed by atoms with E-state index in [0.29, 0.717) is 18.3 Å². The molecule has 2 unspecified atom stereocenters. The molecule has 0 spiro atoms. The molecule has 0 aromatic heterocycles. The van der Waals surface area contributed by atoms with Crippen molar-refractivity contribution >= 4 is 29.1 Å². The molecule has 2 atom stereocenters. The Morgan fingerprint density at radius 1 is 1.14 bits per heavy atom. The molecule has 1 amide bonds. The second kappa shape index (κ2) is 10.3. The molecule has 2 saturated heterocycles. The van der Waals surface area contributed by atoms with Crippen LogP contribution in [0.4, 0.5) is 0 Å². The zero-order valence-corrected chi connectivity index (χ0v) is 21.1. The van der Waals surface area contributed by atoms with E-state index in [9.17, 15) is 14.7 Å². The summed E-state index contributed by atoms with van der Waals surface area (Å²) < 4.78 is 16.4. The fraction of sp³-hybridized carbons (Fsp3) is 0.407. The van der Waals surface area contributed by atoms with E-state index in [1.165, 1.54) is 31.3 Å². The van der Waals surface area contributed by atoms with E-state index in [1.54, 1.807) is 0 Å².